The third kappa shape index (κ3) is 4.37. The average molecular weight is 301 g/mol. The molecule has 0 aliphatic carbocycles. The van der Waals surface area contributed by atoms with Gasteiger partial charge >= 0.3 is 6.18 Å². The van der Waals surface area contributed by atoms with E-state index in [4.69, 9.17) is 4.74 Å². The lowest BCUT2D eigenvalue weighted by Crippen LogP contribution is -2.54. The quantitative estimate of drug-likeness (QED) is 0.837. The van der Waals surface area contributed by atoms with E-state index >= 15 is 0 Å². The maximum absolute atomic E-state index is 12.3. The van der Waals surface area contributed by atoms with Gasteiger partial charge in [-0.1, -0.05) is 32.9 Å². The van der Waals surface area contributed by atoms with Crippen LogP contribution in [-0.2, 0) is 5.41 Å². The van der Waals surface area contributed by atoms with E-state index in [9.17, 15) is 13.2 Å². The van der Waals surface area contributed by atoms with E-state index in [1.807, 2.05) is 24.3 Å². The summed E-state index contributed by atoms with van der Waals surface area (Å²) >= 11 is 0. The molecule has 2 rings (SSSR count). The van der Waals surface area contributed by atoms with Crippen molar-refractivity contribution in [1.82, 2.24) is 4.90 Å². The first kappa shape index (κ1) is 16.1. The van der Waals surface area contributed by atoms with E-state index in [1.54, 1.807) is 4.90 Å². The molecule has 1 aromatic rings. The summed E-state index contributed by atoms with van der Waals surface area (Å²) in [7, 11) is 0. The van der Waals surface area contributed by atoms with Gasteiger partial charge in [-0.15, -0.1) is 0 Å². The van der Waals surface area contributed by atoms with Crippen LogP contribution in [0.2, 0.25) is 0 Å². The van der Waals surface area contributed by atoms with Gasteiger partial charge < -0.3 is 4.74 Å². The van der Waals surface area contributed by atoms with Gasteiger partial charge in [-0.2, -0.15) is 13.2 Å². The van der Waals surface area contributed by atoms with E-state index in [-0.39, 0.29) is 18.5 Å². The minimum atomic E-state index is -4.06. The van der Waals surface area contributed by atoms with Crippen LogP contribution in [-0.4, -0.2) is 37.3 Å². The van der Waals surface area contributed by atoms with Crippen molar-refractivity contribution in [2.45, 2.75) is 32.4 Å². The topological polar surface area (TPSA) is 12.5 Å². The van der Waals surface area contributed by atoms with E-state index in [2.05, 4.69) is 20.8 Å². The highest BCUT2D eigenvalue weighted by atomic mass is 19.4. The second-order valence-electron chi connectivity index (χ2n) is 6.62. The second kappa shape index (κ2) is 5.87. The summed E-state index contributed by atoms with van der Waals surface area (Å²) in [5.74, 6) is -0.403. The zero-order valence-electron chi connectivity index (χ0n) is 12.7. The first-order chi connectivity index (χ1) is 9.66. The number of nitrogens with zero attached hydrogens (tertiary/aromatic N) is 1. The van der Waals surface area contributed by atoms with Crippen LogP contribution in [0.1, 0.15) is 26.3 Å². The molecule has 0 amide bonds. The normalized spacial score (nSPS) is 17.6. The Hall–Kier alpha value is -1.23. The Labute approximate surface area is 123 Å². The van der Waals surface area contributed by atoms with Crippen molar-refractivity contribution >= 4 is 0 Å². The Kier molecular flexibility index (Phi) is 4.51. The molecular weight excluding hydrogens is 279 g/mol. The molecule has 0 aromatic heterocycles. The molecule has 1 aromatic carbocycles. The molecule has 1 fully saturated rings. The summed E-state index contributed by atoms with van der Waals surface area (Å²) in [6.07, 6.45) is -4.06. The lowest BCUT2D eigenvalue weighted by atomic mass is 9.87. The Morgan fingerprint density at radius 1 is 1.10 bits per heavy atom. The first-order valence-electron chi connectivity index (χ1n) is 7.18. The van der Waals surface area contributed by atoms with Crippen LogP contribution in [0.25, 0.3) is 0 Å². The molecule has 1 aliphatic rings. The standard InChI is InChI=1S/C16H22F3NO/c1-15(2,3)12-4-6-14(7-5-12)21-9-8-20-10-13(11-20)16(17,18)19/h4-7,13H,8-11H2,1-3H3. The van der Waals surface area contributed by atoms with Crippen molar-refractivity contribution in [3.8, 4) is 5.75 Å². The van der Waals surface area contributed by atoms with Gasteiger partial charge in [0.2, 0.25) is 0 Å². The van der Waals surface area contributed by atoms with Gasteiger partial charge in [0.05, 0.1) is 5.92 Å². The van der Waals surface area contributed by atoms with Gasteiger partial charge in [0.1, 0.15) is 12.4 Å². The van der Waals surface area contributed by atoms with Gasteiger partial charge in [0.15, 0.2) is 0 Å². The van der Waals surface area contributed by atoms with Crippen LogP contribution in [0.4, 0.5) is 13.2 Å². The summed E-state index contributed by atoms with van der Waals surface area (Å²) in [5.41, 5.74) is 1.33. The molecule has 0 atom stereocenters. The van der Waals surface area contributed by atoms with Crippen LogP contribution in [0, 0.1) is 5.92 Å². The van der Waals surface area contributed by atoms with Crippen molar-refractivity contribution in [2.75, 3.05) is 26.2 Å². The predicted molar refractivity (Wildman–Crippen MR) is 76.6 cm³/mol. The minimum Gasteiger partial charge on any atom is -0.492 e. The van der Waals surface area contributed by atoms with Gasteiger partial charge in [0.25, 0.3) is 0 Å². The van der Waals surface area contributed by atoms with Crippen LogP contribution in [0.15, 0.2) is 24.3 Å². The summed E-state index contributed by atoms with van der Waals surface area (Å²) in [6.45, 7) is 7.57. The van der Waals surface area contributed by atoms with Crippen LogP contribution < -0.4 is 4.74 Å². The average Bonchev–Trinajstić information content (AvgIpc) is 2.29. The molecule has 0 radical (unpaired) electrons. The van der Waals surface area contributed by atoms with E-state index < -0.39 is 12.1 Å². The molecule has 1 saturated heterocycles. The van der Waals surface area contributed by atoms with Gasteiger partial charge in [-0.05, 0) is 23.1 Å². The number of hydrogen-bond acceptors (Lipinski definition) is 2. The Bertz CT molecular complexity index is 456. The number of alkyl halides is 3. The molecule has 118 valence electrons. The minimum absolute atomic E-state index is 0.0931. The zero-order chi connectivity index (χ0) is 15.7. The zero-order valence-corrected chi connectivity index (χ0v) is 12.7. The van der Waals surface area contributed by atoms with E-state index in [0.29, 0.717) is 13.2 Å². The number of benzene rings is 1. The van der Waals surface area contributed by atoms with Gasteiger partial charge in [-0.3, -0.25) is 4.90 Å². The van der Waals surface area contributed by atoms with Crippen molar-refractivity contribution in [2.24, 2.45) is 5.92 Å². The highest BCUT2D eigenvalue weighted by molar-refractivity contribution is 5.31. The molecule has 1 heterocycles. The summed E-state index contributed by atoms with van der Waals surface area (Å²) in [5, 5.41) is 0. The van der Waals surface area contributed by atoms with Crippen molar-refractivity contribution < 1.29 is 17.9 Å². The maximum Gasteiger partial charge on any atom is 0.394 e. The Morgan fingerprint density at radius 3 is 2.14 bits per heavy atom. The Balaban J connectivity index is 1.71. The molecule has 0 unspecified atom stereocenters. The summed E-state index contributed by atoms with van der Waals surface area (Å²) in [6, 6.07) is 7.88. The van der Waals surface area contributed by atoms with Crippen molar-refractivity contribution in [3.05, 3.63) is 29.8 Å². The highest BCUT2D eigenvalue weighted by Crippen LogP contribution is 2.33. The van der Waals surface area contributed by atoms with Crippen LogP contribution >= 0.6 is 0 Å². The largest absolute Gasteiger partial charge is 0.492 e. The molecule has 0 N–H and O–H groups in total. The number of halogens is 3. The van der Waals surface area contributed by atoms with E-state index in [1.165, 1.54) is 5.56 Å². The number of rotatable bonds is 4. The lowest BCUT2D eigenvalue weighted by molar-refractivity contribution is -0.209. The third-order valence-corrected chi connectivity index (χ3v) is 3.82. The molecule has 0 saturated carbocycles. The number of likely N-dealkylation sites (tertiary alicyclic amines) is 1. The molecule has 1 aliphatic heterocycles. The second-order valence-corrected chi connectivity index (χ2v) is 6.62. The molecule has 2 nitrogen and oxygen atoms in total. The van der Waals surface area contributed by atoms with E-state index in [0.717, 1.165) is 5.75 Å². The molecular formula is C16H22F3NO. The maximum atomic E-state index is 12.3. The van der Waals surface area contributed by atoms with Crippen LogP contribution in [0.3, 0.4) is 0 Å². The lowest BCUT2D eigenvalue weighted by Gasteiger charge is -2.39. The van der Waals surface area contributed by atoms with Crippen molar-refractivity contribution in [3.63, 3.8) is 0 Å². The highest BCUT2D eigenvalue weighted by Gasteiger charge is 2.46. The number of hydrogen-bond donors (Lipinski definition) is 0. The molecule has 21 heavy (non-hydrogen) atoms. The third-order valence-electron chi connectivity index (χ3n) is 3.82. The fourth-order valence-corrected chi connectivity index (χ4v) is 2.30. The fraction of sp³-hybridized carbons (Fsp3) is 0.625. The predicted octanol–water partition coefficient (Wildman–Crippen LogP) is 3.86. The fourth-order valence-electron chi connectivity index (χ4n) is 2.30. The Morgan fingerprint density at radius 2 is 1.67 bits per heavy atom. The summed E-state index contributed by atoms with van der Waals surface area (Å²) in [4.78, 5) is 1.77. The smallest absolute Gasteiger partial charge is 0.394 e. The van der Waals surface area contributed by atoms with Crippen molar-refractivity contribution in [1.29, 1.82) is 0 Å². The molecule has 5 heteroatoms. The molecule has 0 spiro atoms. The monoisotopic (exact) mass is 301 g/mol. The molecule has 0 bridgehead atoms. The summed E-state index contributed by atoms with van der Waals surface area (Å²) < 4.78 is 42.6. The first-order valence-corrected chi connectivity index (χ1v) is 7.18. The van der Waals surface area contributed by atoms with Gasteiger partial charge in [0, 0.05) is 19.6 Å². The number of ether oxygens (including phenoxy) is 1. The van der Waals surface area contributed by atoms with Crippen LogP contribution in [0.5, 0.6) is 5.75 Å². The van der Waals surface area contributed by atoms with Gasteiger partial charge in [-0.25, -0.2) is 0 Å². The SMILES string of the molecule is CC(C)(C)c1ccc(OCCN2CC(C(F)(F)F)C2)cc1.